The first-order valence-electron chi connectivity index (χ1n) is 7.17. The molecule has 0 aliphatic carbocycles. The van der Waals surface area contributed by atoms with Gasteiger partial charge in [-0.1, -0.05) is 29.3 Å². The molecule has 26 heavy (non-hydrogen) atoms. The summed E-state index contributed by atoms with van der Waals surface area (Å²) < 4.78 is 2.61. The number of carbonyl (C=O) groups is 1. The second-order valence-electron chi connectivity index (χ2n) is 5.21. The summed E-state index contributed by atoms with van der Waals surface area (Å²) in [6.07, 6.45) is 2.52. The lowest BCUT2D eigenvalue weighted by atomic mass is 10.2. The summed E-state index contributed by atoms with van der Waals surface area (Å²) in [5.41, 5.74) is -0.0887. The highest BCUT2D eigenvalue weighted by molar-refractivity contribution is 6.35. The Hall–Kier alpha value is -2.98. The summed E-state index contributed by atoms with van der Waals surface area (Å²) in [5.74, 6) is -0.816. The van der Waals surface area contributed by atoms with Crippen LogP contribution in [0.4, 0.5) is 11.6 Å². The van der Waals surface area contributed by atoms with Crippen LogP contribution in [0.5, 0.6) is 0 Å². The summed E-state index contributed by atoms with van der Waals surface area (Å²) >= 11 is 12.2. The first kappa shape index (κ1) is 17.8. The number of rotatable bonds is 5. The van der Waals surface area contributed by atoms with Crippen molar-refractivity contribution in [2.75, 3.05) is 5.32 Å². The predicted octanol–water partition coefficient (Wildman–Crippen LogP) is 2.53. The lowest BCUT2D eigenvalue weighted by molar-refractivity contribution is -0.385. The van der Waals surface area contributed by atoms with Crippen molar-refractivity contribution in [2.45, 2.75) is 6.54 Å². The van der Waals surface area contributed by atoms with Crippen molar-refractivity contribution in [3.8, 4) is 0 Å². The zero-order valence-corrected chi connectivity index (χ0v) is 14.8. The van der Waals surface area contributed by atoms with Gasteiger partial charge >= 0.3 is 5.69 Å². The predicted molar refractivity (Wildman–Crippen MR) is 93.4 cm³/mol. The van der Waals surface area contributed by atoms with Gasteiger partial charge in [0.15, 0.2) is 0 Å². The molecule has 0 atom stereocenters. The molecule has 1 N–H and O–H groups in total. The minimum absolute atomic E-state index is 0.0295. The maximum atomic E-state index is 12.2. The number of benzene rings is 1. The number of nitrogens with one attached hydrogen (secondary N) is 1. The molecule has 10 nitrogen and oxygen atoms in total. The second-order valence-corrected chi connectivity index (χ2v) is 6.03. The van der Waals surface area contributed by atoms with E-state index in [-0.39, 0.29) is 18.2 Å². The molecular weight excluding hydrogens is 385 g/mol. The van der Waals surface area contributed by atoms with Gasteiger partial charge in [0.1, 0.15) is 12.5 Å². The third-order valence-electron chi connectivity index (χ3n) is 3.36. The van der Waals surface area contributed by atoms with Gasteiger partial charge in [-0.15, -0.1) is 5.10 Å². The molecule has 0 saturated heterocycles. The minimum Gasteiger partial charge on any atom is -0.287 e. The summed E-state index contributed by atoms with van der Waals surface area (Å²) in [6, 6.07) is 5.12. The first-order chi connectivity index (χ1) is 12.3. The van der Waals surface area contributed by atoms with E-state index in [2.05, 4.69) is 20.5 Å². The van der Waals surface area contributed by atoms with Crippen LogP contribution in [0, 0.1) is 10.1 Å². The monoisotopic (exact) mass is 395 g/mol. The van der Waals surface area contributed by atoms with Crippen molar-refractivity contribution in [2.24, 2.45) is 7.05 Å². The Morgan fingerprint density at radius 2 is 2.00 bits per heavy atom. The summed E-state index contributed by atoms with van der Waals surface area (Å²) in [6.45, 7) is 0.241. The van der Waals surface area contributed by atoms with Gasteiger partial charge in [0.05, 0.1) is 11.5 Å². The fourth-order valence-electron chi connectivity index (χ4n) is 2.21. The van der Waals surface area contributed by atoms with Gasteiger partial charge in [-0.3, -0.25) is 24.9 Å². The summed E-state index contributed by atoms with van der Waals surface area (Å²) in [5, 5.41) is 22.2. The Labute approximate surface area is 156 Å². The van der Waals surface area contributed by atoms with Gasteiger partial charge in [0.2, 0.25) is 11.6 Å². The SMILES string of the molecule is Cn1cc([N+](=O)[O-])c(C(=O)Nc2ncn(Cc3c(Cl)cccc3Cl)n2)n1. The van der Waals surface area contributed by atoms with Crippen LogP contribution in [0.25, 0.3) is 0 Å². The van der Waals surface area contributed by atoms with Crippen molar-refractivity contribution < 1.29 is 9.72 Å². The number of amides is 1. The van der Waals surface area contributed by atoms with Crippen LogP contribution in [0.1, 0.15) is 16.1 Å². The second kappa shape index (κ2) is 7.10. The van der Waals surface area contributed by atoms with E-state index in [4.69, 9.17) is 23.2 Å². The van der Waals surface area contributed by atoms with Crippen LogP contribution in [0.15, 0.2) is 30.7 Å². The Morgan fingerprint density at radius 3 is 2.65 bits per heavy atom. The van der Waals surface area contributed by atoms with Crippen LogP contribution in [-0.4, -0.2) is 35.4 Å². The zero-order chi connectivity index (χ0) is 18.8. The number of anilines is 1. The average Bonchev–Trinajstić information content (AvgIpc) is 3.17. The smallest absolute Gasteiger partial charge is 0.287 e. The Bertz CT molecular complexity index is 978. The van der Waals surface area contributed by atoms with Crippen molar-refractivity contribution in [3.63, 3.8) is 0 Å². The molecule has 134 valence electrons. The number of aryl methyl sites for hydroxylation is 1. The van der Waals surface area contributed by atoms with E-state index < -0.39 is 16.5 Å². The van der Waals surface area contributed by atoms with Crippen LogP contribution in [0.2, 0.25) is 10.0 Å². The number of nitro groups is 1. The quantitative estimate of drug-likeness (QED) is 0.523. The lowest BCUT2D eigenvalue weighted by Crippen LogP contribution is -2.16. The molecule has 1 aromatic carbocycles. The van der Waals surface area contributed by atoms with E-state index in [1.165, 1.54) is 22.7 Å². The maximum absolute atomic E-state index is 12.2. The summed E-state index contributed by atoms with van der Waals surface area (Å²) in [7, 11) is 1.48. The van der Waals surface area contributed by atoms with Crippen molar-refractivity contribution >= 4 is 40.7 Å². The van der Waals surface area contributed by atoms with Crippen molar-refractivity contribution in [1.29, 1.82) is 0 Å². The van der Waals surface area contributed by atoms with Crippen LogP contribution < -0.4 is 5.32 Å². The minimum atomic E-state index is -0.786. The Morgan fingerprint density at radius 1 is 1.31 bits per heavy atom. The Kier molecular flexibility index (Phi) is 4.87. The van der Waals surface area contributed by atoms with E-state index >= 15 is 0 Å². The fourth-order valence-corrected chi connectivity index (χ4v) is 2.72. The number of carbonyl (C=O) groups excluding carboxylic acids is 1. The molecule has 0 radical (unpaired) electrons. The number of aromatic nitrogens is 5. The topological polar surface area (TPSA) is 121 Å². The molecule has 0 aliphatic rings. The first-order valence-corrected chi connectivity index (χ1v) is 7.92. The molecule has 0 fully saturated rings. The van der Waals surface area contributed by atoms with Crippen LogP contribution >= 0.6 is 23.2 Å². The van der Waals surface area contributed by atoms with Crippen molar-refractivity contribution in [1.82, 2.24) is 24.5 Å². The molecule has 0 spiro atoms. The molecule has 12 heteroatoms. The van der Waals surface area contributed by atoms with Gasteiger partial charge in [0.25, 0.3) is 5.91 Å². The molecule has 2 aromatic heterocycles. The number of hydrogen-bond acceptors (Lipinski definition) is 6. The van der Waals surface area contributed by atoms with Crippen LogP contribution in [-0.2, 0) is 13.6 Å². The van der Waals surface area contributed by atoms with Gasteiger partial charge in [0, 0.05) is 22.7 Å². The van der Waals surface area contributed by atoms with Gasteiger partial charge in [-0.05, 0) is 12.1 Å². The van der Waals surface area contributed by atoms with Crippen LogP contribution in [0.3, 0.4) is 0 Å². The molecule has 0 bridgehead atoms. The van der Waals surface area contributed by atoms with Gasteiger partial charge in [-0.2, -0.15) is 5.10 Å². The van der Waals surface area contributed by atoms with Crippen molar-refractivity contribution in [3.05, 3.63) is 62.1 Å². The van der Waals surface area contributed by atoms with E-state index in [0.29, 0.717) is 15.6 Å². The molecule has 2 heterocycles. The molecule has 0 saturated carbocycles. The molecular formula is C14H11Cl2N7O3. The number of nitrogens with zero attached hydrogens (tertiary/aromatic N) is 6. The zero-order valence-electron chi connectivity index (χ0n) is 13.3. The Balaban J connectivity index is 1.77. The normalized spacial score (nSPS) is 10.7. The lowest BCUT2D eigenvalue weighted by Gasteiger charge is -2.06. The van der Waals surface area contributed by atoms with E-state index in [0.717, 1.165) is 6.20 Å². The summed E-state index contributed by atoms with van der Waals surface area (Å²) in [4.78, 5) is 26.4. The van der Waals surface area contributed by atoms with Gasteiger partial charge < -0.3 is 0 Å². The highest BCUT2D eigenvalue weighted by atomic mass is 35.5. The van der Waals surface area contributed by atoms with E-state index in [9.17, 15) is 14.9 Å². The van der Waals surface area contributed by atoms with E-state index in [1.54, 1.807) is 18.2 Å². The third-order valence-corrected chi connectivity index (χ3v) is 4.07. The molecule has 1 amide bonds. The fraction of sp³-hybridized carbons (Fsp3) is 0.143. The molecule has 0 unspecified atom stereocenters. The number of hydrogen-bond donors (Lipinski definition) is 1. The molecule has 3 rings (SSSR count). The average molecular weight is 396 g/mol. The number of halogens is 2. The largest absolute Gasteiger partial charge is 0.320 e. The molecule has 0 aliphatic heterocycles. The maximum Gasteiger partial charge on any atom is 0.320 e. The third kappa shape index (κ3) is 3.65. The van der Waals surface area contributed by atoms with E-state index in [1.807, 2.05) is 0 Å². The molecule has 3 aromatic rings. The standard InChI is InChI=1S/C14H11Cl2N7O3/c1-21-6-11(23(25)26)12(19-21)13(24)18-14-17-7-22(20-14)5-8-9(15)3-2-4-10(8)16/h2-4,6-7H,5H2,1H3,(H,18,20,24). The highest BCUT2D eigenvalue weighted by Crippen LogP contribution is 2.25. The van der Waals surface area contributed by atoms with Gasteiger partial charge in [-0.25, -0.2) is 9.67 Å². The highest BCUT2D eigenvalue weighted by Gasteiger charge is 2.25.